The van der Waals surface area contributed by atoms with Gasteiger partial charge in [0, 0.05) is 12.1 Å². The molecule has 0 spiro atoms. The average Bonchev–Trinajstić information content (AvgIpc) is 2.28. The van der Waals surface area contributed by atoms with Crippen molar-refractivity contribution in [3.05, 3.63) is 0 Å². The standard InChI is InChI=1S/C14H29NO/c1-3-4-5-6-9-12(2)15-13-10-7-8-11-14(13)16/h12-16H,3-11H2,1-2H3. The van der Waals surface area contributed by atoms with Crippen molar-refractivity contribution in [2.24, 2.45) is 0 Å². The van der Waals surface area contributed by atoms with Gasteiger partial charge in [-0.05, 0) is 26.2 Å². The summed E-state index contributed by atoms with van der Waals surface area (Å²) in [5.41, 5.74) is 0. The predicted octanol–water partition coefficient (Wildman–Crippen LogP) is 3.24. The van der Waals surface area contributed by atoms with Crippen LogP contribution in [-0.2, 0) is 0 Å². The lowest BCUT2D eigenvalue weighted by molar-refractivity contribution is 0.0852. The minimum Gasteiger partial charge on any atom is -0.392 e. The fraction of sp³-hybridized carbons (Fsp3) is 1.00. The Hall–Kier alpha value is -0.0800. The van der Waals surface area contributed by atoms with E-state index in [2.05, 4.69) is 19.2 Å². The average molecular weight is 227 g/mol. The van der Waals surface area contributed by atoms with Crippen LogP contribution < -0.4 is 5.32 Å². The number of rotatable bonds is 7. The summed E-state index contributed by atoms with van der Waals surface area (Å²) < 4.78 is 0. The van der Waals surface area contributed by atoms with Crippen LogP contribution in [0.5, 0.6) is 0 Å². The molecule has 1 saturated carbocycles. The van der Waals surface area contributed by atoms with E-state index in [4.69, 9.17) is 0 Å². The Balaban J connectivity index is 2.09. The Morgan fingerprint density at radius 1 is 1.19 bits per heavy atom. The van der Waals surface area contributed by atoms with E-state index in [0.717, 1.165) is 12.8 Å². The van der Waals surface area contributed by atoms with Crippen LogP contribution in [0.15, 0.2) is 0 Å². The molecule has 0 radical (unpaired) electrons. The molecule has 1 fully saturated rings. The Morgan fingerprint density at radius 3 is 2.62 bits per heavy atom. The molecule has 0 amide bonds. The Morgan fingerprint density at radius 2 is 1.94 bits per heavy atom. The maximum atomic E-state index is 9.86. The van der Waals surface area contributed by atoms with Gasteiger partial charge in [-0.2, -0.15) is 0 Å². The molecule has 0 aliphatic heterocycles. The van der Waals surface area contributed by atoms with E-state index in [0.29, 0.717) is 12.1 Å². The van der Waals surface area contributed by atoms with Crippen LogP contribution in [0.3, 0.4) is 0 Å². The zero-order valence-corrected chi connectivity index (χ0v) is 11.0. The molecule has 1 aliphatic rings. The van der Waals surface area contributed by atoms with E-state index in [1.807, 2.05) is 0 Å². The Bertz CT molecular complexity index is 172. The van der Waals surface area contributed by atoms with E-state index < -0.39 is 0 Å². The molecule has 2 nitrogen and oxygen atoms in total. The highest BCUT2D eigenvalue weighted by molar-refractivity contribution is 4.82. The largest absolute Gasteiger partial charge is 0.392 e. The molecule has 0 bridgehead atoms. The molecule has 96 valence electrons. The lowest BCUT2D eigenvalue weighted by atomic mass is 9.92. The van der Waals surface area contributed by atoms with Gasteiger partial charge in [0.05, 0.1) is 6.10 Å². The Kier molecular flexibility index (Phi) is 7.06. The second kappa shape index (κ2) is 8.08. The van der Waals surface area contributed by atoms with Gasteiger partial charge in [0.2, 0.25) is 0 Å². The maximum absolute atomic E-state index is 9.86. The van der Waals surface area contributed by atoms with Crippen molar-refractivity contribution in [2.75, 3.05) is 0 Å². The number of hydrogen-bond donors (Lipinski definition) is 2. The molecule has 2 heteroatoms. The van der Waals surface area contributed by atoms with Crippen LogP contribution in [0.25, 0.3) is 0 Å². The molecule has 3 atom stereocenters. The van der Waals surface area contributed by atoms with Crippen LogP contribution in [0.4, 0.5) is 0 Å². The monoisotopic (exact) mass is 227 g/mol. The minimum absolute atomic E-state index is 0.105. The molecule has 0 aromatic heterocycles. The van der Waals surface area contributed by atoms with Crippen molar-refractivity contribution < 1.29 is 5.11 Å². The van der Waals surface area contributed by atoms with Crippen molar-refractivity contribution in [1.82, 2.24) is 5.32 Å². The van der Waals surface area contributed by atoms with Gasteiger partial charge in [-0.1, -0.05) is 45.4 Å². The van der Waals surface area contributed by atoms with Crippen LogP contribution in [0, 0.1) is 0 Å². The van der Waals surface area contributed by atoms with Gasteiger partial charge in [0.15, 0.2) is 0 Å². The first-order valence-electron chi connectivity index (χ1n) is 7.18. The van der Waals surface area contributed by atoms with Gasteiger partial charge in [0.25, 0.3) is 0 Å². The molecular weight excluding hydrogens is 198 g/mol. The summed E-state index contributed by atoms with van der Waals surface area (Å²) in [6.45, 7) is 4.51. The topological polar surface area (TPSA) is 32.3 Å². The molecular formula is C14H29NO. The number of aliphatic hydroxyl groups is 1. The van der Waals surface area contributed by atoms with Gasteiger partial charge in [-0.25, -0.2) is 0 Å². The van der Waals surface area contributed by atoms with Gasteiger partial charge >= 0.3 is 0 Å². The number of unbranched alkanes of at least 4 members (excludes halogenated alkanes) is 3. The van der Waals surface area contributed by atoms with Crippen molar-refractivity contribution in [1.29, 1.82) is 0 Å². The van der Waals surface area contributed by atoms with Crippen molar-refractivity contribution in [3.8, 4) is 0 Å². The maximum Gasteiger partial charge on any atom is 0.0693 e. The van der Waals surface area contributed by atoms with E-state index >= 15 is 0 Å². The number of aliphatic hydroxyl groups excluding tert-OH is 1. The molecule has 1 rings (SSSR count). The van der Waals surface area contributed by atoms with Crippen LogP contribution in [-0.4, -0.2) is 23.3 Å². The third-order valence-electron chi connectivity index (χ3n) is 3.72. The van der Waals surface area contributed by atoms with Crippen LogP contribution >= 0.6 is 0 Å². The van der Waals surface area contributed by atoms with Crippen LogP contribution in [0.1, 0.15) is 71.6 Å². The van der Waals surface area contributed by atoms with E-state index in [1.54, 1.807) is 0 Å². The summed E-state index contributed by atoms with van der Waals surface area (Å²) in [5.74, 6) is 0. The zero-order chi connectivity index (χ0) is 11.8. The van der Waals surface area contributed by atoms with Crippen molar-refractivity contribution >= 4 is 0 Å². The molecule has 0 heterocycles. The minimum atomic E-state index is -0.105. The Labute approximate surface area is 101 Å². The van der Waals surface area contributed by atoms with E-state index in [1.165, 1.54) is 44.9 Å². The molecule has 3 unspecified atom stereocenters. The molecule has 16 heavy (non-hydrogen) atoms. The molecule has 1 aliphatic carbocycles. The summed E-state index contributed by atoms with van der Waals surface area (Å²) in [4.78, 5) is 0. The quantitative estimate of drug-likeness (QED) is 0.654. The lowest BCUT2D eigenvalue weighted by Crippen LogP contribution is -2.46. The summed E-state index contributed by atoms with van der Waals surface area (Å²) in [5, 5.41) is 13.5. The van der Waals surface area contributed by atoms with Gasteiger partial charge in [-0.3, -0.25) is 0 Å². The third-order valence-corrected chi connectivity index (χ3v) is 3.72. The summed E-state index contributed by atoms with van der Waals surface area (Å²) >= 11 is 0. The van der Waals surface area contributed by atoms with Crippen LogP contribution in [0.2, 0.25) is 0 Å². The van der Waals surface area contributed by atoms with Crippen molar-refractivity contribution in [2.45, 2.75) is 89.8 Å². The van der Waals surface area contributed by atoms with Gasteiger partial charge in [0.1, 0.15) is 0 Å². The highest BCUT2D eigenvalue weighted by atomic mass is 16.3. The first-order valence-corrected chi connectivity index (χ1v) is 7.18. The number of nitrogens with one attached hydrogen (secondary N) is 1. The molecule has 0 saturated heterocycles. The number of hydrogen-bond acceptors (Lipinski definition) is 2. The summed E-state index contributed by atoms with van der Waals surface area (Å²) in [7, 11) is 0. The SMILES string of the molecule is CCCCCCC(C)NC1CCCCC1O. The van der Waals surface area contributed by atoms with E-state index in [9.17, 15) is 5.11 Å². The zero-order valence-electron chi connectivity index (χ0n) is 11.0. The van der Waals surface area contributed by atoms with Crippen molar-refractivity contribution in [3.63, 3.8) is 0 Å². The third kappa shape index (κ3) is 5.31. The van der Waals surface area contributed by atoms with Gasteiger partial charge in [-0.15, -0.1) is 0 Å². The first kappa shape index (κ1) is 14.0. The smallest absolute Gasteiger partial charge is 0.0693 e. The highest BCUT2D eigenvalue weighted by Crippen LogP contribution is 2.19. The fourth-order valence-electron chi connectivity index (χ4n) is 2.63. The normalized spacial score (nSPS) is 27.9. The molecule has 0 aromatic carbocycles. The predicted molar refractivity (Wildman–Crippen MR) is 69.6 cm³/mol. The molecule has 0 aromatic rings. The molecule has 2 N–H and O–H groups in total. The first-order chi connectivity index (χ1) is 7.74. The lowest BCUT2D eigenvalue weighted by Gasteiger charge is -2.31. The van der Waals surface area contributed by atoms with E-state index in [-0.39, 0.29) is 6.10 Å². The summed E-state index contributed by atoms with van der Waals surface area (Å²) in [6, 6.07) is 0.921. The fourth-order valence-corrected chi connectivity index (χ4v) is 2.63. The van der Waals surface area contributed by atoms with Gasteiger partial charge < -0.3 is 10.4 Å². The second-order valence-corrected chi connectivity index (χ2v) is 5.38. The highest BCUT2D eigenvalue weighted by Gasteiger charge is 2.23. The second-order valence-electron chi connectivity index (χ2n) is 5.38. The summed E-state index contributed by atoms with van der Waals surface area (Å²) in [6.07, 6.45) is 11.1.